The quantitative estimate of drug-likeness (QED) is 0.0551. The van der Waals surface area contributed by atoms with Gasteiger partial charge in [0.15, 0.2) is 0 Å². The summed E-state index contributed by atoms with van der Waals surface area (Å²) in [5.74, 6) is 1.64. The van der Waals surface area contributed by atoms with Crippen molar-refractivity contribution in [2.75, 3.05) is 6.61 Å². The summed E-state index contributed by atoms with van der Waals surface area (Å²) >= 11 is 0. The molecule has 0 aliphatic heterocycles. The molecule has 0 bridgehead atoms. The molecule has 0 radical (unpaired) electrons. The molecule has 1 atom stereocenters. The van der Waals surface area contributed by atoms with E-state index in [9.17, 15) is 9.59 Å². The van der Waals surface area contributed by atoms with E-state index in [1.54, 1.807) is 12.1 Å². The summed E-state index contributed by atoms with van der Waals surface area (Å²) < 4.78 is 11.7. The molecule has 0 unspecified atom stereocenters. The maximum absolute atomic E-state index is 13.1. The SMILES string of the molecule is CCCCCCCCCOc1ccc(-c2ccc(C(=O)Oc3ccc4cc([C@H](C)C(=O)CC(CCC)CCC)ccc4c3)cc2)cc1. The monoisotopic (exact) mass is 634 g/mol. The van der Waals surface area contributed by atoms with Gasteiger partial charge in [0.2, 0.25) is 0 Å². The Morgan fingerprint density at radius 2 is 1.19 bits per heavy atom. The van der Waals surface area contributed by atoms with Gasteiger partial charge in [-0.1, -0.05) is 140 Å². The first-order valence-corrected chi connectivity index (χ1v) is 18.0. The largest absolute Gasteiger partial charge is 0.494 e. The lowest BCUT2D eigenvalue weighted by atomic mass is 9.86. The lowest BCUT2D eigenvalue weighted by Crippen LogP contribution is -2.14. The maximum atomic E-state index is 13.1. The summed E-state index contributed by atoms with van der Waals surface area (Å²) in [5, 5.41) is 2.00. The number of benzene rings is 4. The summed E-state index contributed by atoms with van der Waals surface area (Å²) in [5.41, 5.74) is 3.63. The van der Waals surface area contributed by atoms with Crippen molar-refractivity contribution in [3.63, 3.8) is 0 Å². The third-order valence-electron chi connectivity index (χ3n) is 9.24. The van der Waals surface area contributed by atoms with Crippen LogP contribution in [0.5, 0.6) is 11.5 Å². The molecule has 0 saturated carbocycles. The zero-order chi connectivity index (χ0) is 33.4. The second kappa shape index (κ2) is 19.0. The Bertz CT molecular complexity index is 1530. The van der Waals surface area contributed by atoms with Gasteiger partial charge in [0.05, 0.1) is 12.2 Å². The minimum atomic E-state index is -0.394. The smallest absolute Gasteiger partial charge is 0.343 e. The molecule has 47 heavy (non-hydrogen) atoms. The first kappa shape index (κ1) is 35.9. The number of rotatable bonds is 20. The van der Waals surface area contributed by atoms with E-state index in [4.69, 9.17) is 9.47 Å². The number of carbonyl (C=O) groups is 2. The predicted octanol–water partition coefficient (Wildman–Crippen LogP) is 12.1. The van der Waals surface area contributed by atoms with E-state index in [0.29, 0.717) is 29.4 Å². The van der Waals surface area contributed by atoms with Crippen LogP contribution < -0.4 is 9.47 Å². The maximum Gasteiger partial charge on any atom is 0.343 e. The van der Waals surface area contributed by atoms with Crippen molar-refractivity contribution in [1.82, 2.24) is 0 Å². The van der Waals surface area contributed by atoms with Gasteiger partial charge in [0.25, 0.3) is 0 Å². The predicted molar refractivity (Wildman–Crippen MR) is 196 cm³/mol. The van der Waals surface area contributed by atoms with Crippen molar-refractivity contribution < 1.29 is 19.1 Å². The Morgan fingerprint density at radius 3 is 1.85 bits per heavy atom. The normalized spacial score (nSPS) is 11.9. The minimum Gasteiger partial charge on any atom is -0.494 e. The van der Waals surface area contributed by atoms with Gasteiger partial charge < -0.3 is 9.47 Å². The second-order valence-corrected chi connectivity index (χ2v) is 13.1. The van der Waals surface area contributed by atoms with E-state index in [-0.39, 0.29) is 5.92 Å². The fourth-order valence-corrected chi connectivity index (χ4v) is 6.34. The molecule has 0 N–H and O–H groups in total. The van der Waals surface area contributed by atoms with Crippen LogP contribution in [-0.4, -0.2) is 18.4 Å². The van der Waals surface area contributed by atoms with Crippen LogP contribution in [0.25, 0.3) is 21.9 Å². The van der Waals surface area contributed by atoms with Gasteiger partial charge >= 0.3 is 5.97 Å². The molecule has 0 saturated heterocycles. The van der Waals surface area contributed by atoms with Crippen molar-refractivity contribution in [2.24, 2.45) is 5.92 Å². The number of Topliss-reactive ketones (excluding diaryl/α,β-unsaturated/α-hetero) is 1. The number of hydrogen-bond donors (Lipinski definition) is 0. The van der Waals surface area contributed by atoms with Gasteiger partial charge in [-0.3, -0.25) is 4.79 Å². The van der Waals surface area contributed by atoms with Gasteiger partial charge in [0, 0.05) is 12.3 Å². The number of unbranched alkanes of at least 4 members (excludes halogenated alkanes) is 6. The molecule has 4 heteroatoms. The van der Waals surface area contributed by atoms with Crippen molar-refractivity contribution in [3.8, 4) is 22.6 Å². The Labute approximate surface area is 282 Å². The molecule has 0 aliphatic carbocycles. The van der Waals surface area contributed by atoms with Crippen LogP contribution in [-0.2, 0) is 4.79 Å². The van der Waals surface area contributed by atoms with E-state index in [2.05, 4.69) is 39.0 Å². The number of ether oxygens (including phenoxy) is 2. The molecule has 4 nitrogen and oxygen atoms in total. The van der Waals surface area contributed by atoms with Gasteiger partial charge in [-0.2, -0.15) is 0 Å². The number of hydrogen-bond acceptors (Lipinski definition) is 4. The molecule has 0 spiro atoms. The van der Waals surface area contributed by atoms with Crippen LogP contribution in [0.3, 0.4) is 0 Å². The third-order valence-corrected chi connectivity index (χ3v) is 9.24. The second-order valence-electron chi connectivity index (χ2n) is 13.1. The highest BCUT2D eigenvalue weighted by Crippen LogP contribution is 2.29. The number of esters is 1. The zero-order valence-electron chi connectivity index (χ0n) is 29.1. The molecule has 4 rings (SSSR count). The molecular formula is C43H54O4. The highest BCUT2D eigenvalue weighted by molar-refractivity contribution is 5.93. The van der Waals surface area contributed by atoms with Crippen LogP contribution in [0.1, 0.15) is 127 Å². The summed E-state index contributed by atoms with van der Waals surface area (Å²) in [6, 6.07) is 27.4. The average Bonchev–Trinajstić information content (AvgIpc) is 3.09. The lowest BCUT2D eigenvalue weighted by molar-refractivity contribution is -0.121. The van der Waals surface area contributed by atoms with Crippen molar-refractivity contribution in [3.05, 3.63) is 96.1 Å². The average molecular weight is 635 g/mol. The minimum absolute atomic E-state index is 0.137. The summed E-state index contributed by atoms with van der Waals surface area (Å²) in [4.78, 5) is 26.1. The van der Waals surface area contributed by atoms with Gasteiger partial charge in [-0.25, -0.2) is 4.79 Å². The fraction of sp³-hybridized carbons (Fsp3) is 0.442. The molecule has 4 aromatic carbocycles. The van der Waals surface area contributed by atoms with Crippen molar-refractivity contribution in [2.45, 2.75) is 111 Å². The first-order chi connectivity index (χ1) is 22.9. The van der Waals surface area contributed by atoms with E-state index in [1.165, 1.54) is 38.5 Å². The van der Waals surface area contributed by atoms with Gasteiger partial charge in [0.1, 0.15) is 17.3 Å². The Balaban J connectivity index is 1.29. The Morgan fingerprint density at radius 1 is 0.617 bits per heavy atom. The molecule has 0 fully saturated rings. The molecular weight excluding hydrogens is 580 g/mol. The van der Waals surface area contributed by atoms with E-state index >= 15 is 0 Å². The van der Waals surface area contributed by atoms with Crippen molar-refractivity contribution >= 4 is 22.5 Å². The summed E-state index contributed by atoms with van der Waals surface area (Å²) in [6.45, 7) is 9.40. The number of fused-ring (bicyclic) bond motifs is 1. The molecule has 0 amide bonds. The van der Waals surface area contributed by atoms with Crippen LogP contribution in [0.4, 0.5) is 0 Å². The van der Waals surface area contributed by atoms with Crippen LogP contribution in [0.2, 0.25) is 0 Å². The van der Waals surface area contributed by atoms with Crippen LogP contribution in [0, 0.1) is 5.92 Å². The van der Waals surface area contributed by atoms with Crippen LogP contribution >= 0.6 is 0 Å². The topological polar surface area (TPSA) is 52.6 Å². The van der Waals surface area contributed by atoms with Gasteiger partial charge in [-0.15, -0.1) is 0 Å². The number of carbonyl (C=O) groups excluding carboxylic acids is 2. The Hall–Kier alpha value is -3.92. The van der Waals surface area contributed by atoms with E-state index in [1.807, 2.05) is 61.5 Å². The summed E-state index contributed by atoms with van der Waals surface area (Å²) in [6.07, 6.45) is 14.0. The molecule has 4 aromatic rings. The van der Waals surface area contributed by atoms with Crippen LogP contribution in [0.15, 0.2) is 84.9 Å². The van der Waals surface area contributed by atoms with Crippen molar-refractivity contribution in [1.29, 1.82) is 0 Å². The highest BCUT2D eigenvalue weighted by atomic mass is 16.5. The first-order valence-electron chi connectivity index (χ1n) is 18.0. The molecule has 250 valence electrons. The molecule has 0 aromatic heterocycles. The fourth-order valence-electron chi connectivity index (χ4n) is 6.34. The Kier molecular flexibility index (Phi) is 14.5. The summed E-state index contributed by atoms with van der Waals surface area (Å²) in [7, 11) is 0. The van der Waals surface area contributed by atoms with Gasteiger partial charge in [-0.05, 0) is 76.2 Å². The standard InChI is InChI=1S/C43H54O4/c1-5-8-9-10-11-12-13-28-46-40-25-22-35(23-26-40)34-16-18-36(19-17-34)43(45)47-41-27-24-38-30-37(20-21-39(38)31-41)32(4)42(44)29-33(14-6-2)15-7-3/h16-27,30-33H,5-15,28-29H2,1-4H3/t32-/m0/s1. The van der Waals surface area contributed by atoms with E-state index < -0.39 is 5.97 Å². The van der Waals surface area contributed by atoms with E-state index in [0.717, 1.165) is 71.9 Å². The molecule has 0 heterocycles. The zero-order valence-corrected chi connectivity index (χ0v) is 29.1. The molecule has 0 aliphatic rings. The third kappa shape index (κ3) is 11.1. The number of ketones is 1. The lowest BCUT2D eigenvalue weighted by Gasteiger charge is -2.18. The highest BCUT2D eigenvalue weighted by Gasteiger charge is 2.20.